The number of amides is 1. The highest BCUT2D eigenvalue weighted by Gasteiger charge is 2.54. The lowest BCUT2D eigenvalue weighted by molar-refractivity contribution is -0.351. The van der Waals surface area contributed by atoms with E-state index in [1.807, 2.05) is 121 Å². The summed E-state index contributed by atoms with van der Waals surface area (Å²) in [5.74, 6) is -1.10. The molecule has 0 bridgehead atoms. The van der Waals surface area contributed by atoms with Crippen molar-refractivity contribution in [3.63, 3.8) is 0 Å². The Balaban J connectivity index is 1.29. The zero-order chi connectivity index (χ0) is 40.0. The van der Waals surface area contributed by atoms with E-state index in [2.05, 4.69) is 5.32 Å². The average molecular weight is 786 g/mol. The largest absolute Gasteiger partial charge is 0.457 e. The van der Waals surface area contributed by atoms with Gasteiger partial charge in [0.25, 0.3) is 0 Å². The van der Waals surface area contributed by atoms with Crippen LogP contribution in [0.3, 0.4) is 0 Å². The van der Waals surface area contributed by atoms with Gasteiger partial charge in [-0.3, -0.25) is 9.59 Å². The smallest absolute Gasteiger partial charge is 0.303 e. The van der Waals surface area contributed by atoms with Crippen molar-refractivity contribution in [1.29, 1.82) is 0 Å². The summed E-state index contributed by atoms with van der Waals surface area (Å²) in [5.41, 5.74) is 3.50. The highest BCUT2D eigenvalue weighted by Crippen LogP contribution is 2.33. The molecule has 2 saturated heterocycles. The Morgan fingerprint density at radius 1 is 0.579 bits per heavy atom. The van der Waals surface area contributed by atoms with E-state index in [0.717, 1.165) is 22.3 Å². The summed E-state index contributed by atoms with van der Waals surface area (Å²) in [7, 11) is 0. The number of hydrogen-bond donors (Lipinski definition) is 3. The molecule has 1 amide bonds. The van der Waals surface area contributed by atoms with Crippen LogP contribution in [0.1, 0.15) is 36.1 Å². The van der Waals surface area contributed by atoms with Crippen LogP contribution < -0.4 is 5.32 Å². The molecule has 0 unspecified atom stereocenters. The van der Waals surface area contributed by atoms with Crippen molar-refractivity contribution < 1.29 is 57.7 Å². The highest BCUT2D eigenvalue weighted by atomic mass is 16.7. The summed E-state index contributed by atoms with van der Waals surface area (Å²) in [6.07, 6.45) is -10.9. The average Bonchev–Trinajstić information content (AvgIpc) is 3.21. The SMILES string of the molecule is CC(=O)N[C@H]1[C@H](O[C@H]2[C@@H](O)[C@@H](COCc3ccccc3)O[C@H](O)[C@@H]2OCc2ccccc2)O[C@H](COCc2ccccc2)[C@H](OCc2ccccc2)[C@@H]1OC(C)=O. The molecule has 6 rings (SSSR count). The first kappa shape index (κ1) is 42.1. The van der Waals surface area contributed by atoms with Crippen molar-refractivity contribution in [3.05, 3.63) is 144 Å². The molecule has 2 fully saturated rings. The Morgan fingerprint density at radius 3 is 1.51 bits per heavy atom. The van der Waals surface area contributed by atoms with Crippen LogP contribution in [0.25, 0.3) is 0 Å². The molecule has 0 aliphatic carbocycles. The number of ether oxygens (including phenoxy) is 8. The molecule has 2 aliphatic rings. The van der Waals surface area contributed by atoms with Gasteiger partial charge in [-0.2, -0.15) is 0 Å². The van der Waals surface area contributed by atoms with E-state index in [1.54, 1.807) is 0 Å². The van der Waals surface area contributed by atoms with Crippen molar-refractivity contribution in [2.24, 2.45) is 0 Å². The third-order valence-corrected chi connectivity index (χ3v) is 9.60. The van der Waals surface area contributed by atoms with E-state index in [4.69, 9.17) is 37.9 Å². The minimum Gasteiger partial charge on any atom is -0.457 e. The molecule has 0 spiro atoms. The maximum Gasteiger partial charge on any atom is 0.303 e. The van der Waals surface area contributed by atoms with Gasteiger partial charge in [0.15, 0.2) is 18.7 Å². The van der Waals surface area contributed by atoms with Crippen LogP contribution in [0.15, 0.2) is 121 Å². The van der Waals surface area contributed by atoms with Gasteiger partial charge in [-0.25, -0.2) is 0 Å². The lowest BCUT2D eigenvalue weighted by atomic mass is 9.94. The van der Waals surface area contributed by atoms with Crippen LogP contribution in [-0.4, -0.2) is 96.7 Å². The summed E-state index contributed by atoms with van der Waals surface area (Å²) >= 11 is 0. The quantitative estimate of drug-likeness (QED) is 0.124. The second-order valence-electron chi connectivity index (χ2n) is 14.0. The fourth-order valence-corrected chi connectivity index (χ4v) is 6.88. The Hall–Kier alpha value is -4.54. The molecular weight excluding hydrogens is 734 g/mol. The summed E-state index contributed by atoms with van der Waals surface area (Å²) in [6, 6.07) is 36.7. The lowest BCUT2D eigenvalue weighted by Crippen LogP contribution is -2.69. The summed E-state index contributed by atoms with van der Waals surface area (Å²) in [5, 5.41) is 26.2. The van der Waals surface area contributed by atoms with Gasteiger partial charge in [0.1, 0.15) is 42.7 Å². The predicted molar refractivity (Wildman–Crippen MR) is 206 cm³/mol. The Bertz CT molecular complexity index is 1790. The number of aliphatic hydroxyl groups is 2. The first-order valence-electron chi connectivity index (χ1n) is 19.1. The predicted octanol–water partition coefficient (Wildman–Crippen LogP) is 4.22. The number of carbonyl (C=O) groups excluding carboxylic acids is 2. The van der Waals surface area contributed by atoms with E-state index < -0.39 is 73.2 Å². The summed E-state index contributed by atoms with van der Waals surface area (Å²) < 4.78 is 49.8. The summed E-state index contributed by atoms with van der Waals surface area (Å²) in [6.45, 7) is 3.12. The van der Waals surface area contributed by atoms with Crippen LogP contribution >= 0.6 is 0 Å². The minimum atomic E-state index is -1.56. The molecule has 13 heteroatoms. The second-order valence-corrected chi connectivity index (χ2v) is 14.0. The van der Waals surface area contributed by atoms with Gasteiger partial charge in [0.2, 0.25) is 5.91 Å². The van der Waals surface area contributed by atoms with Gasteiger partial charge in [0, 0.05) is 13.8 Å². The molecule has 3 N–H and O–H groups in total. The molecule has 13 nitrogen and oxygen atoms in total. The maximum absolute atomic E-state index is 12.8. The third-order valence-electron chi connectivity index (χ3n) is 9.60. The third kappa shape index (κ3) is 12.2. The fourth-order valence-electron chi connectivity index (χ4n) is 6.88. The number of nitrogens with one attached hydrogen (secondary N) is 1. The van der Waals surface area contributed by atoms with E-state index in [1.165, 1.54) is 13.8 Å². The standard InChI is InChI=1S/C44H51NO12/c1-29(46)45-37-40(54-30(2)47)39(52-25-33-19-11-5-12-20-33)36(28-51-24-32-17-9-4-10-18-32)56-44(37)57-41-38(48)35(27-50-23-31-15-7-3-8-16-31)55-43(49)42(41)53-26-34-21-13-6-14-22-34/h3-22,35-44,48-49H,23-28H2,1-2H3,(H,45,46)/t35-,36-,37-,38+,39+,40-,41+,42-,43+,44+/m1/s1. The molecule has 304 valence electrons. The molecule has 0 aromatic heterocycles. The van der Waals surface area contributed by atoms with Crippen molar-refractivity contribution in [2.75, 3.05) is 13.2 Å². The molecule has 4 aromatic carbocycles. The van der Waals surface area contributed by atoms with E-state index in [-0.39, 0.29) is 39.6 Å². The van der Waals surface area contributed by atoms with Crippen LogP contribution in [0, 0.1) is 0 Å². The molecule has 2 heterocycles. The van der Waals surface area contributed by atoms with Gasteiger partial charge in [0.05, 0.1) is 39.6 Å². The molecule has 0 saturated carbocycles. The Kier molecular flexibility index (Phi) is 15.7. The van der Waals surface area contributed by atoms with Gasteiger partial charge in [-0.05, 0) is 22.3 Å². The van der Waals surface area contributed by atoms with Gasteiger partial charge in [-0.1, -0.05) is 121 Å². The van der Waals surface area contributed by atoms with Gasteiger partial charge < -0.3 is 53.4 Å². The van der Waals surface area contributed by atoms with E-state index >= 15 is 0 Å². The van der Waals surface area contributed by atoms with Crippen molar-refractivity contribution >= 4 is 11.9 Å². The lowest BCUT2D eigenvalue weighted by Gasteiger charge is -2.49. The van der Waals surface area contributed by atoms with Gasteiger partial charge >= 0.3 is 5.97 Å². The Labute approximate surface area is 332 Å². The molecular formula is C44H51NO12. The maximum atomic E-state index is 12.8. The molecule has 4 aromatic rings. The number of carbonyl (C=O) groups is 2. The number of esters is 1. The zero-order valence-corrected chi connectivity index (χ0v) is 32.0. The number of aliphatic hydroxyl groups excluding tert-OH is 2. The molecule has 10 atom stereocenters. The van der Waals surface area contributed by atoms with Crippen LogP contribution in [0.2, 0.25) is 0 Å². The monoisotopic (exact) mass is 785 g/mol. The topological polar surface area (TPSA) is 160 Å². The highest BCUT2D eigenvalue weighted by molar-refractivity contribution is 5.73. The number of hydrogen-bond acceptors (Lipinski definition) is 12. The van der Waals surface area contributed by atoms with Crippen LogP contribution in [0.5, 0.6) is 0 Å². The van der Waals surface area contributed by atoms with Crippen molar-refractivity contribution in [1.82, 2.24) is 5.32 Å². The van der Waals surface area contributed by atoms with E-state index in [0.29, 0.717) is 0 Å². The van der Waals surface area contributed by atoms with Gasteiger partial charge in [-0.15, -0.1) is 0 Å². The first-order valence-corrected chi connectivity index (χ1v) is 19.1. The normalized spacial score (nSPS) is 27.4. The van der Waals surface area contributed by atoms with E-state index in [9.17, 15) is 19.8 Å². The fraction of sp³-hybridized carbons (Fsp3) is 0.409. The van der Waals surface area contributed by atoms with Crippen LogP contribution in [0.4, 0.5) is 0 Å². The number of rotatable bonds is 18. The molecule has 0 radical (unpaired) electrons. The molecule has 57 heavy (non-hydrogen) atoms. The van der Waals surface area contributed by atoms with Crippen LogP contribution in [-0.2, 0) is 73.9 Å². The number of benzene rings is 4. The van der Waals surface area contributed by atoms with Crippen molar-refractivity contribution in [3.8, 4) is 0 Å². The Morgan fingerprint density at radius 2 is 1.04 bits per heavy atom. The molecule has 2 aliphatic heterocycles. The minimum absolute atomic E-state index is 0.0262. The first-order chi connectivity index (χ1) is 27.7. The second kappa shape index (κ2) is 21.3. The van der Waals surface area contributed by atoms with Crippen molar-refractivity contribution in [2.45, 2.75) is 102 Å². The zero-order valence-electron chi connectivity index (χ0n) is 32.0. The summed E-state index contributed by atoms with van der Waals surface area (Å²) in [4.78, 5) is 25.6.